The van der Waals surface area contributed by atoms with E-state index in [4.69, 9.17) is 9.47 Å². The van der Waals surface area contributed by atoms with E-state index in [1.165, 1.54) is 18.2 Å². The van der Waals surface area contributed by atoms with Crippen molar-refractivity contribution in [2.75, 3.05) is 40.4 Å². The molecule has 0 radical (unpaired) electrons. The standard InChI is InChI=1S/C19H26N2O4/c1-24-17-4-3-14-5-8-20(12-16(14)11-17)13-18(22)21-9-6-15(7-10-21)19(23)25-2/h3-4,11,15H,5-10,12-13H2,1-2H3. The molecule has 2 aliphatic rings. The summed E-state index contributed by atoms with van der Waals surface area (Å²) in [5.74, 6) is 0.781. The number of ether oxygens (including phenoxy) is 2. The lowest BCUT2D eigenvalue weighted by Gasteiger charge is -2.34. The Balaban J connectivity index is 1.53. The number of fused-ring (bicyclic) bond motifs is 1. The highest BCUT2D eigenvalue weighted by Crippen LogP contribution is 2.24. The fraction of sp³-hybridized carbons (Fsp3) is 0.579. The van der Waals surface area contributed by atoms with E-state index in [-0.39, 0.29) is 17.8 Å². The SMILES string of the molecule is COC(=O)C1CCN(C(=O)CN2CCc3ccc(OC)cc3C2)CC1. The normalized spacial score (nSPS) is 18.6. The van der Waals surface area contributed by atoms with Crippen molar-refractivity contribution in [3.8, 4) is 5.75 Å². The molecule has 1 aromatic rings. The first-order chi connectivity index (χ1) is 12.1. The van der Waals surface area contributed by atoms with E-state index in [1.54, 1.807) is 7.11 Å². The predicted molar refractivity (Wildman–Crippen MR) is 93.3 cm³/mol. The molecule has 0 aliphatic carbocycles. The average Bonchev–Trinajstić information content (AvgIpc) is 2.66. The Labute approximate surface area is 148 Å². The molecule has 0 bridgehead atoms. The Morgan fingerprint density at radius 1 is 1.12 bits per heavy atom. The van der Waals surface area contributed by atoms with E-state index in [2.05, 4.69) is 17.0 Å². The Kier molecular flexibility index (Phi) is 5.58. The zero-order valence-electron chi connectivity index (χ0n) is 15.0. The van der Waals surface area contributed by atoms with Crippen molar-refractivity contribution >= 4 is 11.9 Å². The van der Waals surface area contributed by atoms with Gasteiger partial charge in [0.2, 0.25) is 5.91 Å². The van der Waals surface area contributed by atoms with Gasteiger partial charge in [0.15, 0.2) is 0 Å². The van der Waals surface area contributed by atoms with Gasteiger partial charge in [-0.3, -0.25) is 14.5 Å². The molecule has 0 spiro atoms. The maximum Gasteiger partial charge on any atom is 0.308 e. The van der Waals surface area contributed by atoms with Crippen LogP contribution in [0.4, 0.5) is 0 Å². The molecule has 6 nitrogen and oxygen atoms in total. The minimum atomic E-state index is -0.159. The van der Waals surface area contributed by atoms with Crippen LogP contribution in [0.3, 0.4) is 0 Å². The summed E-state index contributed by atoms with van der Waals surface area (Å²) < 4.78 is 10.1. The second kappa shape index (κ2) is 7.87. The number of carbonyl (C=O) groups excluding carboxylic acids is 2. The molecule has 2 aliphatic heterocycles. The highest BCUT2D eigenvalue weighted by molar-refractivity contribution is 5.79. The van der Waals surface area contributed by atoms with Crippen LogP contribution in [0, 0.1) is 5.92 Å². The van der Waals surface area contributed by atoms with E-state index in [0.717, 1.165) is 25.3 Å². The number of benzene rings is 1. The summed E-state index contributed by atoms with van der Waals surface area (Å²) in [7, 11) is 3.09. The summed E-state index contributed by atoms with van der Waals surface area (Å²) in [6, 6.07) is 6.17. The molecule has 1 aromatic carbocycles. The summed E-state index contributed by atoms with van der Waals surface area (Å²) in [6.07, 6.45) is 2.34. The largest absolute Gasteiger partial charge is 0.497 e. The monoisotopic (exact) mass is 346 g/mol. The maximum absolute atomic E-state index is 12.6. The number of nitrogens with zero attached hydrogens (tertiary/aromatic N) is 2. The molecule has 0 saturated carbocycles. The molecule has 0 unspecified atom stereocenters. The van der Waals surface area contributed by atoms with Crippen LogP contribution < -0.4 is 4.74 Å². The van der Waals surface area contributed by atoms with E-state index in [9.17, 15) is 9.59 Å². The number of hydrogen-bond acceptors (Lipinski definition) is 5. The van der Waals surface area contributed by atoms with Gasteiger partial charge in [-0.2, -0.15) is 0 Å². The summed E-state index contributed by atoms with van der Waals surface area (Å²) in [5.41, 5.74) is 2.58. The fourth-order valence-corrected chi connectivity index (χ4v) is 3.68. The first kappa shape index (κ1) is 17.7. The number of carbonyl (C=O) groups is 2. The van der Waals surface area contributed by atoms with Gasteiger partial charge in [-0.05, 0) is 42.5 Å². The lowest BCUT2D eigenvalue weighted by atomic mass is 9.97. The van der Waals surface area contributed by atoms with Gasteiger partial charge < -0.3 is 14.4 Å². The zero-order chi connectivity index (χ0) is 17.8. The van der Waals surface area contributed by atoms with Crippen LogP contribution >= 0.6 is 0 Å². The smallest absolute Gasteiger partial charge is 0.308 e. The van der Waals surface area contributed by atoms with Gasteiger partial charge in [-0.25, -0.2) is 0 Å². The van der Waals surface area contributed by atoms with Crippen molar-refractivity contribution < 1.29 is 19.1 Å². The van der Waals surface area contributed by atoms with Crippen LogP contribution in [0.15, 0.2) is 18.2 Å². The molecule has 1 amide bonds. The predicted octanol–water partition coefficient (Wildman–Crippen LogP) is 1.46. The van der Waals surface area contributed by atoms with Crippen LogP contribution in [-0.4, -0.2) is 62.1 Å². The molecule has 1 saturated heterocycles. The molecule has 6 heteroatoms. The van der Waals surface area contributed by atoms with Crippen LogP contribution in [0.2, 0.25) is 0 Å². The fourth-order valence-electron chi connectivity index (χ4n) is 3.68. The minimum Gasteiger partial charge on any atom is -0.497 e. The number of hydrogen-bond donors (Lipinski definition) is 0. The summed E-state index contributed by atoms with van der Waals surface area (Å²) in [6.45, 7) is 3.37. The first-order valence-corrected chi connectivity index (χ1v) is 8.84. The molecule has 0 aromatic heterocycles. The third-order valence-electron chi connectivity index (χ3n) is 5.25. The quantitative estimate of drug-likeness (QED) is 0.773. The van der Waals surface area contributed by atoms with Gasteiger partial charge in [0.1, 0.15) is 5.75 Å². The highest BCUT2D eigenvalue weighted by atomic mass is 16.5. The number of amides is 1. The number of esters is 1. The van der Waals surface area contributed by atoms with Crippen LogP contribution in [-0.2, 0) is 27.3 Å². The van der Waals surface area contributed by atoms with Gasteiger partial charge in [0.25, 0.3) is 0 Å². The van der Waals surface area contributed by atoms with Crippen LogP contribution in [0.5, 0.6) is 5.75 Å². The topological polar surface area (TPSA) is 59.1 Å². The third-order valence-corrected chi connectivity index (χ3v) is 5.25. The number of methoxy groups -OCH3 is 2. The Hall–Kier alpha value is -2.08. The summed E-state index contributed by atoms with van der Waals surface area (Å²) in [4.78, 5) is 28.2. The lowest BCUT2D eigenvalue weighted by Crippen LogP contribution is -2.46. The van der Waals surface area contributed by atoms with Crippen molar-refractivity contribution in [3.05, 3.63) is 29.3 Å². The van der Waals surface area contributed by atoms with Gasteiger partial charge in [-0.15, -0.1) is 0 Å². The second-order valence-corrected chi connectivity index (χ2v) is 6.77. The molecule has 136 valence electrons. The van der Waals surface area contributed by atoms with Crippen molar-refractivity contribution in [3.63, 3.8) is 0 Å². The van der Waals surface area contributed by atoms with Gasteiger partial charge in [0, 0.05) is 26.2 Å². The van der Waals surface area contributed by atoms with Gasteiger partial charge >= 0.3 is 5.97 Å². The maximum atomic E-state index is 12.6. The van der Waals surface area contributed by atoms with E-state index < -0.39 is 0 Å². The third kappa shape index (κ3) is 4.12. The Morgan fingerprint density at radius 2 is 1.88 bits per heavy atom. The van der Waals surface area contributed by atoms with Crippen molar-refractivity contribution in [1.82, 2.24) is 9.80 Å². The van der Waals surface area contributed by atoms with Gasteiger partial charge in [0.05, 0.1) is 26.7 Å². The lowest BCUT2D eigenvalue weighted by molar-refractivity contribution is -0.149. The highest BCUT2D eigenvalue weighted by Gasteiger charge is 2.29. The number of likely N-dealkylation sites (tertiary alicyclic amines) is 1. The second-order valence-electron chi connectivity index (χ2n) is 6.77. The summed E-state index contributed by atoms with van der Waals surface area (Å²) >= 11 is 0. The zero-order valence-corrected chi connectivity index (χ0v) is 15.0. The molecular formula is C19H26N2O4. The van der Waals surface area contributed by atoms with Crippen LogP contribution in [0.1, 0.15) is 24.0 Å². The summed E-state index contributed by atoms with van der Waals surface area (Å²) in [5, 5.41) is 0. The number of rotatable bonds is 4. The first-order valence-electron chi connectivity index (χ1n) is 8.84. The van der Waals surface area contributed by atoms with Gasteiger partial charge in [-0.1, -0.05) is 6.07 Å². The molecular weight excluding hydrogens is 320 g/mol. The molecule has 25 heavy (non-hydrogen) atoms. The molecule has 2 heterocycles. The van der Waals surface area contributed by atoms with Crippen molar-refractivity contribution in [2.24, 2.45) is 5.92 Å². The van der Waals surface area contributed by atoms with E-state index >= 15 is 0 Å². The van der Waals surface area contributed by atoms with Crippen molar-refractivity contribution in [1.29, 1.82) is 0 Å². The van der Waals surface area contributed by atoms with Crippen molar-refractivity contribution in [2.45, 2.75) is 25.8 Å². The molecule has 1 fully saturated rings. The molecule has 0 atom stereocenters. The number of piperidine rings is 1. The minimum absolute atomic E-state index is 0.0663. The van der Waals surface area contributed by atoms with E-state index in [1.807, 2.05) is 11.0 Å². The average molecular weight is 346 g/mol. The van der Waals surface area contributed by atoms with Crippen LogP contribution in [0.25, 0.3) is 0 Å². The Bertz CT molecular complexity index is 638. The van der Waals surface area contributed by atoms with E-state index in [0.29, 0.717) is 32.5 Å². The molecule has 0 N–H and O–H groups in total. The Morgan fingerprint density at radius 3 is 2.56 bits per heavy atom. The molecule has 3 rings (SSSR count).